The van der Waals surface area contributed by atoms with E-state index in [2.05, 4.69) is 5.10 Å². The monoisotopic (exact) mass is 291 g/mol. The molecule has 0 spiro atoms. The molecule has 1 heterocycles. The van der Waals surface area contributed by atoms with E-state index in [0.29, 0.717) is 5.56 Å². The molecule has 2 aromatic rings. The van der Waals surface area contributed by atoms with Gasteiger partial charge in [-0.05, 0) is 12.0 Å². The molecule has 3 nitrogen and oxygen atoms in total. The molecule has 0 aliphatic carbocycles. The van der Waals surface area contributed by atoms with Crippen molar-refractivity contribution < 1.29 is 22.0 Å². The maximum atomic E-state index is 13.5. The van der Waals surface area contributed by atoms with Crippen LogP contribution in [-0.4, -0.2) is 9.78 Å². The highest BCUT2D eigenvalue weighted by molar-refractivity contribution is 5.28. The van der Waals surface area contributed by atoms with E-state index in [0.717, 1.165) is 0 Å². The molecule has 0 amide bonds. The smallest absolute Gasteiger partial charge is 0.200 e. The van der Waals surface area contributed by atoms with E-state index >= 15 is 0 Å². The second-order valence-corrected chi connectivity index (χ2v) is 4.32. The summed E-state index contributed by atoms with van der Waals surface area (Å²) in [5.41, 5.74) is 5.05. The van der Waals surface area contributed by atoms with Crippen molar-refractivity contribution in [2.75, 3.05) is 0 Å². The predicted molar refractivity (Wildman–Crippen MR) is 60.1 cm³/mol. The molecular weight excluding hydrogens is 281 g/mol. The topological polar surface area (TPSA) is 43.8 Å². The molecule has 108 valence electrons. The molecule has 0 saturated carbocycles. The number of halogens is 5. The Hall–Kier alpha value is -1.96. The Morgan fingerprint density at radius 2 is 1.55 bits per heavy atom. The minimum absolute atomic E-state index is 0.105. The Labute approximate surface area is 110 Å². The zero-order valence-corrected chi connectivity index (χ0v) is 10.3. The maximum absolute atomic E-state index is 13.5. The quantitative estimate of drug-likeness (QED) is 0.536. The van der Waals surface area contributed by atoms with Crippen LogP contribution in [-0.2, 0) is 13.5 Å². The summed E-state index contributed by atoms with van der Waals surface area (Å²) in [5, 5.41) is 3.82. The predicted octanol–water partition coefficient (Wildman–Crippen LogP) is 2.36. The second kappa shape index (κ2) is 5.20. The minimum atomic E-state index is -2.20. The van der Waals surface area contributed by atoms with Gasteiger partial charge in [0.1, 0.15) is 0 Å². The largest absolute Gasteiger partial charge is 0.323 e. The van der Waals surface area contributed by atoms with Crippen LogP contribution in [0.2, 0.25) is 0 Å². The molecule has 0 fully saturated rings. The standard InChI is InChI=1S/C12H10F5N3/c1-20-4-5(3-19-20)2-6(18)7-8(13)10(15)12(17)11(16)9(7)14/h3-4,6H,2,18H2,1H3. The Bertz CT molecular complexity index is 624. The average molecular weight is 291 g/mol. The van der Waals surface area contributed by atoms with Gasteiger partial charge in [0.15, 0.2) is 23.3 Å². The highest BCUT2D eigenvalue weighted by atomic mass is 19.2. The van der Waals surface area contributed by atoms with Crippen molar-refractivity contribution in [1.82, 2.24) is 9.78 Å². The first kappa shape index (κ1) is 14.4. The van der Waals surface area contributed by atoms with Gasteiger partial charge < -0.3 is 5.73 Å². The van der Waals surface area contributed by atoms with Crippen molar-refractivity contribution in [2.45, 2.75) is 12.5 Å². The van der Waals surface area contributed by atoms with Crippen LogP contribution in [0.25, 0.3) is 0 Å². The van der Waals surface area contributed by atoms with Gasteiger partial charge in [0.25, 0.3) is 0 Å². The van der Waals surface area contributed by atoms with Gasteiger partial charge in [0, 0.05) is 24.8 Å². The number of benzene rings is 1. The van der Waals surface area contributed by atoms with Crippen molar-refractivity contribution in [3.8, 4) is 0 Å². The van der Waals surface area contributed by atoms with Crippen LogP contribution < -0.4 is 5.73 Å². The summed E-state index contributed by atoms with van der Waals surface area (Å²) in [6, 6.07) is -1.37. The van der Waals surface area contributed by atoms with Gasteiger partial charge in [0.05, 0.1) is 6.20 Å². The molecule has 1 unspecified atom stereocenters. The normalized spacial score (nSPS) is 12.8. The number of hydrogen-bond donors (Lipinski definition) is 1. The molecule has 0 aliphatic heterocycles. The highest BCUT2D eigenvalue weighted by Gasteiger charge is 2.29. The lowest BCUT2D eigenvalue weighted by Crippen LogP contribution is -2.19. The zero-order chi connectivity index (χ0) is 15.0. The van der Waals surface area contributed by atoms with Crippen molar-refractivity contribution >= 4 is 0 Å². The number of aryl methyl sites for hydroxylation is 1. The molecule has 1 aromatic carbocycles. The van der Waals surface area contributed by atoms with Crippen LogP contribution in [0.1, 0.15) is 17.2 Å². The fraction of sp³-hybridized carbons (Fsp3) is 0.250. The third kappa shape index (κ3) is 2.38. The van der Waals surface area contributed by atoms with E-state index in [9.17, 15) is 22.0 Å². The number of hydrogen-bond acceptors (Lipinski definition) is 2. The zero-order valence-electron chi connectivity index (χ0n) is 10.3. The maximum Gasteiger partial charge on any atom is 0.200 e. The molecule has 8 heteroatoms. The summed E-state index contributed by atoms with van der Waals surface area (Å²) in [6.45, 7) is 0. The molecule has 2 N–H and O–H groups in total. The summed E-state index contributed by atoms with van der Waals surface area (Å²) in [5.74, 6) is -10.0. The number of nitrogens with two attached hydrogens (primary N) is 1. The van der Waals surface area contributed by atoms with Gasteiger partial charge >= 0.3 is 0 Å². The number of aromatic nitrogens is 2. The van der Waals surface area contributed by atoms with E-state index in [1.807, 2.05) is 0 Å². The van der Waals surface area contributed by atoms with E-state index in [1.165, 1.54) is 17.1 Å². The van der Waals surface area contributed by atoms with Gasteiger partial charge in [-0.25, -0.2) is 22.0 Å². The summed E-state index contributed by atoms with van der Waals surface area (Å²) in [4.78, 5) is 0. The SMILES string of the molecule is Cn1cc(CC(N)c2c(F)c(F)c(F)c(F)c2F)cn1. The van der Waals surface area contributed by atoms with Crippen LogP contribution in [0, 0.1) is 29.1 Å². The van der Waals surface area contributed by atoms with E-state index in [4.69, 9.17) is 5.73 Å². The fourth-order valence-corrected chi connectivity index (χ4v) is 1.88. The van der Waals surface area contributed by atoms with E-state index in [1.54, 1.807) is 7.05 Å². The van der Waals surface area contributed by atoms with Crippen molar-refractivity contribution in [3.63, 3.8) is 0 Å². The third-order valence-corrected chi connectivity index (χ3v) is 2.83. The molecule has 1 aromatic heterocycles. The van der Waals surface area contributed by atoms with E-state index < -0.39 is 40.7 Å². The Morgan fingerprint density at radius 1 is 1.05 bits per heavy atom. The number of nitrogens with zero attached hydrogens (tertiary/aromatic N) is 2. The Kier molecular flexibility index (Phi) is 3.76. The molecule has 1 atom stereocenters. The first-order valence-electron chi connectivity index (χ1n) is 5.57. The Balaban J connectivity index is 2.42. The van der Waals surface area contributed by atoms with Crippen molar-refractivity contribution in [3.05, 3.63) is 52.6 Å². The molecule has 0 radical (unpaired) electrons. The summed E-state index contributed by atoms with van der Waals surface area (Å²) in [6.07, 6.45) is 2.82. The summed E-state index contributed by atoms with van der Waals surface area (Å²) in [7, 11) is 1.62. The Morgan fingerprint density at radius 3 is 2.00 bits per heavy atom. The minimum Gasteiger partial charge on any atom is -0.323 e. The lowest BCUT2D eigenvalue weighted by Gasteiger charge is -2.14. The molecular formula is C12H10F5N3. The lowest BCUT2D eigenvalue weighted by molar-refractivity contribution is 0.363. The molecule has 2 rings (SSSR count). The first-order valence-corrected chi connectivity index (χ1v) is 5.57. The second-order valence-electron chi connectivity index (χ2n) is 4.32. The number of rotatable bonds is 3. The first-order chi connectivity index (χ1) is 9.32. The molecule has 0 bridgehead atoms. The van der Waals surface area contributed by atoms with Gasteiger partial charge in [-0.2, -0.15) is 5.10 Å². The highest BCUT2D eigenvalue weighted by Crippen LogP contribution is 2.28. The van der Waals surface area contributed by atoms with Crippen molar-refractivity contribution in [1.29, 1.82) is 0 Å². The lowest BCUT2D eigenvalue weighted by atomic mass is 9.99. The van der Waals surface area contributed by atoms with Gasteiger partial charge in [-0.15, -0.1) is 0 Å². The van der Waals surface area contributed by atoms with Gasteiger partial charge in [-0.1, -0.05) is 0 Å². The molecule has 0 saturated heterocycles. The van der Waals surface area contributed by atoms with E-state index in [-0.39, 0.29) is 6.42 Å². The fourth-order valence-electron chi connectivity index (χ4n) is 1.88. The summed E-state index contributed by atoms with van der Waals surface area (Å²) >= 11 is 0. The third-order valence-electron chi connectivity index (χ3n) is 2.83. The van der Waals surface area contributed by atoms with Crippen LogP contribution in [0.3, 0.4) is 0 Å². The average Bonchev–Trinajstić information content (AvgIpc) is 2.79. The van der Waals surface area contributed by atoms with Crippen LogP contribution in [0.4, 0.5) is 22.0 Å². The van der Waals surface area contributed by atoms with Crippen LogP contribution in [0.15, 0.2) is 12.4 Å². The van der Waals surface area contributed by atoms with Crippen LogP contribution >= 0.6 is 0 Å². The van der Waals surface area contributed by atoms with Crippen LogP contribution in [0.5, 0.6) is 0 Å². The molecule has 20 heavy (non-hydrogen) atoms. The van der Waals surface area contributed by atoms with Crippen molar-refractivity contribution in [2.24, 2.45) is 12.8 Å². The van der Waals surface area contributed by atoms with Gasteiger partial charge in [-0.3, -0.25) is 4.68 Å². The molecule has 0 aliphatic rings. The summed E-state index contributed by atoms with van der Waals surface area (Å²) < 4.78 is 67.6. The van der Waals surface area contributed by atoms with Gasteiger partial charge in [0.2, 0.25) is 5.82 Å².